The highest BCUT2D eigenvalue weighted by Crippen LogP contribution is 2.40. The molecule has 0 aliphatic carbocycles. The van der Waals surface area contributed by atoms with E-state index in [0.717, 1.165) is 42.8 Å². The molecule has 5 rings (SSSR count). The summed E-state index contributed by atoms with van der Waals surface area (Å²) in [5.74, 6) is -0.841. The number of pyridine rings is 1. The van der Waals surface area contributed by atoms with Crippen LogP contribution in [0.4, 0.5) is 0 Å². The third kappa shape index (κ3) is 5.29. The van der Waals surface area contributed by atoms with Gasteiger partial charge in [-0.3, -0.25) is 14.5 Å². The van der Waals surface area contributed by atoms with Gasteiger partial charge in [0, 0.05) is 32.4 Å². The number of nitrogens with zero attached hydrogens (tertiary/aromatic N) is 4. The number of aliphatic hydroxyl groups excluding tert-OH is 1. The Morgan fingerprint density at radius 2 is 1.85 bits per heavy atom. The zero-order valence-electron chi connectivity index (χ0n) is 22.9. The molecule has 1 unspecified atom stereocenters. The number of unbranched alkanes of at least 4 members (excludes halogenated alkanes) is 1. The van der Waals surface area contributed by atoms with E-state index < -0.39 is 17.7 Å². The number of aliphatic hydroxyl groups is 1. The Bertz CT molecular complexity index is 1390. The number of carbonyl (C=O) groups excluding carboxylic acids is 2. The first-order valence-corrected chi connectivity index (χ1v) is 13.7. The lowest BCUT2D eigenvalue weighted by atomic mass is 9.96. The predicted molar refractivity (Wildman–Crippen MR) is 148 cm³/mol. The summed E-state index contributed by atoms with van der Waals surface area (Å²) in [6.07, 6.45) is 3.87. The highest BCUT2D eigenvalue weighted by atomic mass is 16.5. The lowest BCUT2D eigenvalue weighted by molar-refractivity contribution is -0.140. The van der Waals surface area contributed by atoms with Gasteiger partial charge in [0.2, 0.25) is 0 Å². The van der Waals surface area contributed by atoms with Crippen LogP contribution in [0.5, 0.6) is 5.75 Å². The molecule has 206 valence electrons. The van der Waals surface area contributed by atoms with Gasteiger partial charge in [0.25, 0.3) is 11.7 Å². The zero-order chi connectivity index (χ0) is 27.5. The minimum Gasteiger partial charge on any atom is -0.505 e. The lowest BCUT2D eigenvalue weighted by Gasteiger charge is -2.31. The summed E-state index contributed by atoms with van der Waals surface area (Å²) >= 11 is 0. The van der Waals surface area contributed by atoms with E-state index in [1.165, 1.54) is 0 Å². The topological polar surface area (TPSA) is 96.6 Å². The molecule has 1 amide bonds. The smallest absolute Gasteiger partial charge is 0.295 e. The summed E-state index contributed by atoms with van der Waals surface area (Å²) in [4.78, 5) is 35.4. The van der Waals surface area contributed by atoms with Crippen molar-refractivity contribution in [3.8, 4) is 5.75 Å². The largest absolute Gasteiger partial charge is 0.505 e. The molecule has 9 nitrogen and oxygen atoms in total. The molecule has 0 bridgehead atoms. The van der Waals surface area contributed by atoms with Gasteiger partial charge in [-0.1, -0.05) is 31.5 Å². The number of ketones is 1. The van der Waals surface area contributed by atoms with E-state index in [-0.39, 0.29) is 11.3 Å². The molecule has 0 saturated carbocycles. The van der Waals surface area contributed by atoms with Crippen LogP contribution in [0.3, 0.4) is 0 Å². The third-order valence-corrected chi connectivity index (χ3v) is 7.57. The van der Waals surface area contributed by atoms with E-state index >= 15 is 0 Å². The number of imidazole rings is 1. The number of Topliss-reactive ketones (excluding diaryl/α,β-unsaturated/α-hetero) is 1. The number of fused-ring (bicyclic) bond motifs is 1. The van der Waals surface area contributed by atoms with Crippen molar-refractivity contribution < 1.29 is 24.2 Å². The summed E-state index contributed by atoms with van der Waals surface area (Å²) in [6.45, 7) is 10.3. The van der Waals surface area contributed by atoms with Gasteiger partial charge < -0.3 is 23.9 Å². The molecule has 2 saturated heterocycles. The van der Waals surface area contributed by atoms with Crippen LogP contribution >= 0.6 is 0 Å². The van der Waals surface area contributed by atoms with Gasteiger partial charge in [0.15, 0.2) is 5.76 Å². The van der Waals surface area contributed by atoms with Crippen LogP contribution in [0.15, 0.2) is 48.2 Å². The molecule has 9 heteroatoms. The zero-order valence-corrected chi connectivity index (χ0v) is 22.9. The molecule has 1 aromatic carbocycles. The van der Waals surface area contributed by atoms with E-state index in [9.17, 15) is 14.7 Å². The minimum atomic E-state index is -0.735. The van der Waals surface area contributed by atoms with Gasteiger partial charge >= 0.3 is 0 Å². The average Bonchev–Trinajstić information content (AvgIpc) is 3.42. The highest BCUT2D eigenvalue weighted by molar-refractivity contribution is 6.46. The lowest BCUT2D eigenvalue weighted by Crippen LogP contribution is -2.42. The second-order valence-electron chi connectivity index (χ2n) is 10.1. The number of morpholine rings is 1. The van der Waals surface area contributed by atoms with E-state index in [1.807, 2.05) is 60.8 Å². The highest BCUT2D eigenvalue weighted by Gasteiger charge is 2.46. The SMILES string of the molecule is CCCCOc1ccc(C2C(=C(O)c3nc4c(C)cccn4c3C)C(=O)C(=O)N2CCN2CCOCC2)cc1. The fraction of sp³-hybridized carbons (Fsp3) is 0.433. The first-order valence-electron chi connectivity index (χ1n) is 13.7. The Kier molecular flexibility index (Phi) is 7.99. The molecule has 39 heavy (non-hydrogen) atoms. The van der Waals surface area contributed by atoms with Crippen molar-refractivity contribution >= 4 is 23.1 Å². The molecule has 4 heterocycles. The van der Waals surface area contributed by atoms with E-state index in [4.69, 9.17) is 9.47 Å². The molecular weight excluding hydrogens is 496 g/mol. The predicted octanol–water partition coefficient (Wildman–Crippen LogP) is 3.88. The van der Waals surface area contributed by atoms with Crippen molar-refractivity contribution in [3.05, 3.63) is 70.7 Å². The molecule has 1 atom stereocenters. The number of likely N-dealkylation sites (tertiary alicyclic amines) is 1. The molecule has 3 aromatic rings. The van der Waals surface area contributed by atoms with Crippen molar-refractivity contribution in [1.29, 1.82) is 0 Å². The number of benzene rings is 1. The molecule has 2 aliphatic rings. The van der Waals surface area contributed by atoms with Crippen LogP contribution in [0.1, 0.15) is 48.3 Å². The van der Waals surface area contributed by atoms with Crippen LogP contribution in [0, 0.1) is 13.8 Å². The van der Waals surface area contributed by atoms with Gasteiger partial charge in [-0.15, -0.1) is 0 Å². The first kappa shape index (κ1) is 26.9. The van der Waals surface area contributed by atoms with E-state index in [1.54, 1.807) is 4.90 Å². The molecular formula is C30H36N4O5. The van der Waals surface area contributed by atoms with Crippen LogP contribution in [-0.4, -0.2) is 82.0 Å². The average molecular weight is 533 g/mol. The van der Waals surface area contributed by atoms with Gasteiger partial charge in [0.1, 0.15) is 17.1 Å². The normalized spacial score (nSPS) is 19.8. The van der Waals surface area contributed by atoms with Crippen molar-refractivity contribution in [1.82, 2.24) is 19.2 Å². The van der Waals surface area contributed by atoms with Gasteiger partial charge in [0.05, 0.1) is 37.1 Å². The Labute approximate surface area is 228 Å². The van der Waals surface area contributed by atoms with Crippen molar-refractivity contribution in [2.75, 3.05) is 46.0 Å². The number of ether oxygens (including phenoxy) is 2. The summed E-state index contributed by atoms with van der Waals surface area (Å²) in [7, 11) is 0. The summed E-state index contributed by atoms with van der Waals surface area (Å²) in [5.41, 5.74) is 3.44. The summed E-state index contributed by atoms with van der Waals surface area (Å²) < 4.78 is 13.2. The Balaban J connectivity index is 1.55. The minimum absolute atomic E-state index is 0.0609. The number of amides is 1. The standard InChI is InChI=1S/C30H36N4O5/c1-4-5-17-39-23-10-8-22(9-11-23)26-24(27(35)25-21(3)33-12-6-7-20(2)29(33)31-25)28(36)30(37)34(26)14-13-32-15-18-38-19-16-32/h6-12,26,35H,4-5,13-19H2,1-3H3. The molecule has 2 aliphatic heterocycles. The number of aromatic nitrogens is 2. The van der Waals surface area contributed by atoms with Crippen LogP contribution in [0.2, 0.25) is 0 Å². The summed E-state index contributed by atoms with van der Waals surface area (Å²) in [6, 6.07) is 10.6. The number of carbonyl (C=O) groups is 2. The second-order valence-corrected chi connectivity index (χ2v) is 10.1. The van der Waals surface area contributed by atoms with E-state index in [0.29, 0.717) is 49.9 Å². The quantitative estimate of drug-likeness (QED) is 0.193. The molecule has 1 N–H and O–H groups in total. The maximum atomic E-state index is 13.5. The molecule has 0 radical (unpaired) electrons. The second kappa shape index (κ2) is 11.6. The Morgan fingerprint density at radius 3 is 2.54 bits per heavy atom. The Hall–Kier alpha value is -3.69. The van der Waals surface area contributed by atoms with Crippen LogP contribution in [-0.2, 0) is 14.3 Å². The van der Waals surface area contributed by atoms with Crippen molar-refractivity contribution in [2.45, 2.75) is 39.7 Å². The van der Waals surface area contributed by atoms with Crippen molar-refractivity contribution in [2.24, 2.45) is 0 Å². The van der Waals surface area contributed by atoms with Crippen LogP contribution in [0.25, 0.3) is 11.4 Å². The van der Waals surface area contributed by atoms with Gasteiger partial charge in [-0.2, -0.15) is 0 Å². The first-order chi connectivity index (χ1) is 18.9. The molecule has 2 fully saturated rings. The fourth-order valence-electron chi connectivity index (χ4n) is 5.29. The van der Waals surface area contributed by atoms with Crippen molar-refractivity contribution in [3.63, 3.8) is 0 Å². The van der Waals surface area contributed by atoms with E-state index in [2.05, 4.69) is 16.8 Å². The van der Waals surface area contributed by atoms with Crippen LogP contribution < -0.4 is 4.74 Å². The summed E-state index contributed by atoms with van der Waals surface area (Å²) in [5, 5.41) is 11.6. The Morgan fingerprint density at radius 1 is 1.10 bits per heavy atom. The van der Waals surface area contributed by atoms with Gasteiger partial charge in [-0.25, -0.2) is 4.98 Å². The monoisotopic (exact) mass is 532 g/mol. The number of rotatable bonds is 9. The maximum Gasteiger partial charge on any atom is 0.295 e. The third-order valence-electron chi connectivity index (χ3n) is 7.57. The number of aryl methyl sites for hydroxylation is 2. The number of hydrogen-bond acceptors (Lipinski definition) is 7. The van der Waals surface area contributed by atoms with Gasteiger partial charge in [-0.05, 0) is 49.6 Å². The maximum absolute atomic E-state index is 13.5. The fourth-order valence-corrected chi connectivity index (χ4v) is 5.29. The molecule has 0 spiro atoms. The molecule has 2 aromatic heterocycles. The number of hydrogen-bond donors (Lipinski definition) is 1.